The van der Waals surface area contributed by atoms with Crippen LogP contribution in [0.5, 0.6) is 0 Å². The molecule has 0 bridgehead atoms. The van der Waals surface area contributed by atoms with E-state index in [0.717, 1.165) is 46.7 Å². The summed E-state index contributed by atoms with van der Waals surface area (Å²) < 4.78 is 2.86. The number of aryl methyl sites for hydroxylation is 3. The van der Waals surface area contributed by atoms with Crippen molar-refractivity contribution in [1.82, 2.24) is 20.1 Å². The number of nitrogens with one attached hydrogen (secondary N) is 1. The van der Waals surface area contributed by atoms with Gasteiger partial charge in [0.05, 0.1) is 4.34 Å². The fourth-order valence-electron chi connectivity index (χ4n) is 2.60. The minimum Gasteiger partial charge on any atom is -0.352 e. The van der Waals surface area contributed by atoms with Gasteiger partial charge in [0.2, 0.25) is 5.91 Å². The highest BCUT2D eigenvalue weighted by Gasteiger charge is 2.22. The Bertz CT molecular complexity index is 651. The molecule has 1 unspecified atom stereocenters. The van der Waals surface area contributed by atoms with Crippen molar-refractivity contribution in [3.8, 4) is 0 Å². The first-order valence-corrected chi connectivity index (χ1v) is 8.23. The topological polar surface area (TPSA) is 59.8 Å². The van der Waals surface area contributed by atoms with Crippen LogP contribution in [0.3, 0.4) is 0 Å². The van der Waals surface area contributed by atoms with Crippen molar-refractivity contribution >= 4 is 28.8 Å². The van der Waals surface area contributed by atoms with Crippen molar-refractivity contribution < 1.29 is 4.79 Å². The highest BCUT2D eigenvalue weighted by Crippen LogP contribution is 2.22. The number of hydrogen-bond donors (Lipinski definition) is 1. The van der Waals surface area contributed by atoms with E-state index in [2.05, 4.69) is 20.1 Å². The average Bonchev–Trinajstić information content (AvgIpc) is 3.04. The molecule has 0 aliphatic carbocycles. The van der Waals surface area contributed by atoms with Gasteiger partial charge in [-0.3, -0.25) is 4.79 Å². The number of amides is 1. The zero-order chi connectivity index (χ0) is 14.8. The van der Waals surface area contributed by atoms with Crippen LogP contribution in [0.2, 0.25) is 4.34 Å². The maximum atomic E-state index is 12.0. The number of carbonyl (C=O) groups is 1. The third kappa shape index (κ3) is 3.44. The fraction of sp³-hybridized carbons (Fsp3) is 0.500. The molecule has 5 nitrogen and oxygen atoms in total. The lowest BCUT2D eigenvalue weighted by Crippen LogP contribution is -2.41. The van der Waals surface area contributed by atoms with E-state index in [1.807, 2.05) is 19.1 Å². The number of carbonyl (C=O) groups excluding carboxylic acids is 1. The SMILES string of the molecule is Cc1nnc2n1CC(NC(=O)CCc1ccc(Cl)s1)CC2. The molecule has 0 fully saturated rings. The Balaban J connectivity index is 1.50. The Morgan fingerprint density at radius 1 is 1.52 bits per heavy atom. The first-order valence-electron chi connectivity index (χ1n) is 7.04. The van der Waals surface area contributed by atoms with Crippen LogP contribution >= 0.6 is 22.9 Å². The molecule has 112 valence electrons. The second-order valence-electron chi connectivity index (χ2n) is 5.28. The summed E-state index contributed by atoms with van der Waals surface area (Å²) in [6, 6.07) is 4.02. The highest BCUT2D eigenvalue weighted by molar-refractivity contribution is 7.16. The number of rotatable bonds is 4. The molecule has 0 spiro atoms. The smallest absolute Gasteiger partial charge is 0.220 e. The molecule has 1 N–H and O–H groups in total. The summed E-state index contributed by atoms with van der Waals surface area (Å²) in [6.07, 6.45) is 3.04. The van der Waals surface area contributed by atoms with Crippen LogP contribution in [-0.2, 0) is 24.2 Å². The minimum absolute atomic E-state index is 0.0960. The van der Waals surface area contributed by atoms with Gasteiger partial charge in [0.15, 0.2) is 0 Å². The molecule has 1 atom stereocenters. The summed E-state index contributed by atoms with van der Waals surface area (Å²) in [5.74, 6) is 2.03. The molecule has 0 radical (unpaired) electrons. The van der Waals surface area contributed by atoms with Crippen molar-refractivity contribution in [2.24, 2.45) is 0 Å². The number of nitrogens with zero attached hydrogens (tertiary/aromatic N) is 3. The Labute approximate surface area is 132 Å². The van der Waals surface area contributed by atoms with Gasteiger partial charge < -0.3 is 9.88 Å². The van der Waals surface area contributed by atoms with E-state index in [0.29, 0.717) is 6.42 Å². The molecule has 1 amide bonds. The molecule has 3 rings (SSSR count). The molecule has 0 aromatic carbocycles. The lowest BCUT2D eigenvalue weighted by molar-refractivity contribution is -0.121. The van der Waals surface area contributed by atoms with Crippen molar-refractivity contribution in [3.63, 3.8) is 0 Å². The van der Waals surface area contributed by atoms with Gasteiger partial charge in [-0.25, -0.2) is 0 Å². The molecule has 21 heavy (non-hydrogen) atoms. The van der Waals surface area contributed by atoms with Crippen molar-refractivity contribution in [3.05, 3.63) is 33.0 Å². The summed E-state index contributed by atoms with van der Waals surface area (Å²) in [4.78, 5) is 13.2. The normalized spacial score (nSPS) is 17.5. The number of halogens is 1. The molecular formula is C14H17ClN4OS. The first-order chi connectivity index (χ1) is 10.1. The van der Waals surface area contributed by atoms with Gasteiger partial charge in [-0.1, -0.05) is 11.6 Å². The molecular weight excluding hydrogens is 308 g/mol. The van der Waals surface area contributed by atoms with Crippen LogP contribution in [0.15, 0.2) is 12.1 Å². The number of thiophene rings is 1. The second-order valence-corrected chi connectivity index (χ2v) is 7.08. The summed E-state index contributed by atoms with van der Waals surface area (Å²) in [5.41, 5.74) is 0. The molecule has 2 aromatic rings. The second kappa shape index (κ2) is 6.15. The van der Waals surface area contributed by atoms with Crippen LogP contribution in [0, 0.1) is 6.92 Å². The number of aromatic nitrogens is 3. The Hall–Kier alpha value is -1.40. The van der Waals surface area contributed by atoms with Gasteiger partial charge in [-0.2, -0.15) is 0 Å². The van der Waals surface area contributed by atoms with E-state index in [-0.39, 0.29) is 11.9 Å². The van der Waals surface area contributed by atoms with Crippen molar-refractivity contribution in [2.75, 3.05) is 0 Å². The average molecular weight is 325 g/mol. The molecule has 1 aliphatic heterocycles. The van der Waals surface area contributed by atoms with Gasteiger partial charge in [0.1, 0.15) is 11.6 Å². The predicted octanol–water partition coefficient (Wildman–Crippen LogP) is 2.37. The van der Waals surface area contributed by atoms with E-state index in [1.165, 1.54) is 11.3 Å². The van der Waals surface area contributed by atoms with Crippen LogP contribution in [0.4, 0.5) is 0 Å². The Morgan fingerprint density at radius 3 is 3.14 bits per heavy atom. The summed E-state index contributed by atoms with van der Waals surface area (Å²) in [7, 11) is 0. The molecule has 2 aromatic heterocycles. The van der Waals surface area contributed by atoms with Crippen LogP contribution in [-0.4, -0.2) is 26.7 Å². The summed E-state index contributed by atoms with van der Waals surface area (Å²) in [5, 5.41) is 11.3. The van der Waals surface area contributed by atoms with Crippen molar-refractivity contribution in [1.29, 1.82) is 0 Å². The maximum absolute atomic E-state index is 12.0. The number of hydrogen-bond acceptors (Lipinski definition) is 4. The maximum Gasteiger partial charge on any atom is 0.220 e. The zero-order valence-electron chi connectivity index (χ0n) is 11.8. The predicted molar refractivity (Wildman–Crippen MR) is 82.7 cm³/mol. The monoisotopic (exact) mass is 324 g/mol. The highest BCUT2D eigenvalue weighted by atomic mass is 35.5. The third-order valence-corrected chi connectivity index (χ3v) is 5.02. The summed E-state index contributed by atoms with van der Waals surface area (Å²) >= 11 is 7.42. The molecule has 0 saturated heterocycles. The fourth-order valence-corrected chi connectivity index (χ4v) is 3.69. The first kappa shape index (κ1) is 14.5. The largest absolute Gasteiger partial charge is 0.352 e. The van der Waals surface area contributed by atoms with Gasteiger partial charge in [0, 0.05) is 30.3 Å². The Morgan fingerprint density at radius 2 is 2.38 bits per heavy atom. The standard InChI is InChI=1S/C14H17ClN4OS/c1-9-17-18-13-6-2-10(8-19(9)13)16-14(20)7-4-11-3-5-12(15)21-11/h3,5,10H,2,4,6-8H2,1H3,(H,16,20). The minimum atomic E-state index is 0.0960. The quantitative estimate of drug-likeness (QED) is 0.939. The molecule has 3 heterocycles. The van der Waals surface area contributed by atoms with Gasteiger partial charge in [-0.05, 0) is 31.9 Å². The molecule has 7 heteroatoms. The van der Waals surface area contributed by atoms with Gasteiger partial charge in [0.25, 0.3) is 0 Å². The zero-order valence-corrected chi connectivity index (χ0v) is 13.4. The van der Waals surface area contributed by atoms with Crippen molar-refractivity contribution in [2.45, 2.75) is 45.2 Å². The van der Waals surface area contributed by atoms with Gasteiger partial charge in [-0.15, -0.1) is 21.5 Å². The van der Waals surface area contributed by atoms with Gasteiger partial charge >= 0.3 is 0 Å². The van der Waals surface area contributed by atoms with E-state index < -0.39 is 0 Å². The van der Waals surface area contributed by atoms with E-state index in [4.69, 9.17) is 11.6 Å². The van der Waals surface area contributed by atoms with E-state index >= 15 is 0 Å². The van der Waals surface area contributed by atoms with Crippen LogP contribution in [0.25, 0.3) is 0 Å². The van der Waals surface area contributed by atoms with E-state index in [1.54, 1.807) is 0 Å². The summed E-state index contributed by atoms with van der Waals surface area (Å²) in [6.45, 7) is 2.71. The van der Waals surface area contributed by atoms with E-state index in [9.17, 15) is 4.79 Å². The molecule has 1 aliphatic rings. The van der Waals surface area contributed by atoms with Crippen LogP contribution in [0.1, 0.15) is 29.4 Å². The third-order valence-electron chi connectivity index (χ3n) is 3.72. The van der Waals surface area contributed by atoms with Crippen LogP contribution < -0.4 is 5.32 Å². The lowest BCUT2D eigenvalue weighted by atomic mass is 10.1. The Kier molecular flexibility index (Phi) is 4.26. The molecule has 0 saturated carbocycles. The lowest BCUT2D eigenvalue weighted by Gasteiger charge is -2.24. The number of fused-ring (bicyclic) bond motifs is 1.